The van der Waals surface area contributed by atoms with E-state index < -0.39 is 0 Å². The van der Waals surface area contributed by atoms with Crippen molar-refractivity contribution in [3.8, 4) is 0 Å². The maximum absolute atomic E-state index is 3.61. The third kappa shape index (κ3) is 2.23. The second kappa shape index (κ2) is 3.97. The van der Waals surface area contributed by atoms with Crippen LogP contribution in [0.15, 0.2) is 0 Å². The molecule has 0 aromatic carbocycles. The Morgan fingerprint density at radius 1 is 1.31 bits per heavy atom. The summed E-state index contributed by atoms with van der Waals surface area (Å²) in [6.07, 6.45) is 4.25. The van der Waals surface area contributed by atoms with Crippen LogP contribution < -0.4 is 5.32 Å². The summed E-state index contributed by atoms with van der Waals surface area (Å²) < 4.78 is 0. The largest absolute Gasteiger partial charge is 0.312 e. The fourth-order valence-electron chi connectivity index (χ4n) is 2.37. The maximum Gasteiger partial charge on any atom is 0.0221 e. The number of nitrogens with zero attached hydrogens (tertiary/aromatic N) is 1. The van der Waals surface area contributed by atoms with Gasteiger partial charge in [-0.3, -0.25) is 4.90 Å². The van der Waals surface area contributed by atoms with Gasteiger partial charge in [-0.05, 0) is 38.3 Å². The van der Waals surface area contributed by atoms with Crippen LogP contribution in [0.5, 0.6) is 0 Å². The Kier molecular flexibility index (Phi) is 2.89. The summed E-state index contributed by atoms with van der Waals surface area (Å²) in [5.74, 6) is 0.882. The second-order valence-electron chi connectivity index (χ2n) is 4.65. The molecular weight excluding hydrogens is 160 g/mol. The van der Waals surface area contributed by atoms with Crippen molar-refractivity contribution in [2.45, 2.75) is 45.2 Å². The quantitative estimate of drug-likeness (QED) is 0.708. The third-order valence-corrected chi connectivity index (χ3v) is 3.59. The molecule has 13 heavy (non-hydrogen) atoms. The zero-order chi connectivity index (χ0) is 9.26. The Labute approximate surface area is 81.7 Å². The van der Waals surface area contributed by atoms with E-state index in [0.29, 0.717) is 0 Å². The van der Waals surface area contributed by atoms with Crippen molar-refractivity contribution in [1.82, 2.24) is 10.2 Å². The predicted octanol–water partition coefficient (Wildman–Crippen LogP) is 1.47. The van der Waals surface area contributed by atoms with Gasteiger partial charge >= 0.3 is 0 Å². The normalized spacial score (nSPS) is 34.4. The van der Waals surface area contributed by atoms with Crippen molar-refractivity contribution in [3.63, 3.8) is 0 Å². The molecule has 1 heterocycles. The molecule has 2 unspecified atom stereocenters. The molecule has 2 aliphatic rings. The third-order valence-electron chi connectivity index (χ3n) is 3.59. The van der Waals surface area contributed by atoms with Crippen molar-refractivity contribution in [2.24, 2.45) is 5.92 Å². The summed E-state index contributed by atoms with van der Waals surface area (Å²) in [4.78, 5) is 2.65. The molecule has 0 amide bonds. The van der Waals surface area contributed by atoms with Gasteiger partial charge in [0, 0.05) is 18.6 Å². The monoisotopic (exact) mass is 182 g/mol. The van der Waals surface area contributed by atoms with Gasteiger partial charge in [-0.1, -0.05) is 13.8 Å². The molecule has 0 bridgehead atoms. The van der Waals surface area contributed by atoms with Crippen LogP contribution in [0.25, 0.3) is 0 Å². The van der Waals surface area contributed by atoms with E-state index in [0.717, 1.165) is 18.0 Å². The average molecular weight is 182 g/mol. The predicted molar refractivity (Wildman–Crippen MR) is 55.8 cm³/mol. The smallest absolute Gasteiger partial charge is 0.0221 e. The average Bonchev–Trinajstić information content (AvgIpc) is 2.88. The number of rotatable bonds is 4. The molecule has 0 aromatic rings. The highest BCUT2D eigenvalue weighted by Crippen LogP contribution is 2.28. The van der Waals surface area contributed by atoms with Crippen LogP contribution in [0.2, 0.25) is 0 Å². The number of likely N-dealkylation sites (N-methyl/N-ethyl adjacent to an activating group) is 1. The molecule has 2 fully saturated rings. The summed E-state index contributed by atoms with van der Waals surface area (Å²) in [6, 6.07) is 1.69. The Balaban J connectivity index is 1.80. The minimum absolute atomic E-state index is 0.764. The van der Waals surface area contributed by atoms with Gasteiger partial charge in [0.15, 0.2) is 0 Å². The van der Waals surface area contributed by atoms with E-state index in [9.17, 15) is 0 Å². The molecule has 2 nitrogen and oxygen atoms in total. The summed E-state index contributed by atoms with van der Waals surface area (Å²) >= 11 is 0. The summed E-state index contributed by atoms with van der Waals surface area (Å²) in [6.45, 7) is 8.41. The van der Waals surface area contributed by atoms with Crippen LogP contribution in [-0.2, 0) is 0 Å². The zero-order valence-electron chi connectivity index (χ0n) is 8.92. The van der Waals surface area contributed by atoms with Gasteiger partial charge < -0.3 is 5.32 Å². The number of hydrogen-bond acceptors (Lipinski definition) is 2. The van der Waals surface area contributed by atoms with Crippen molar-refractivity contribution in [3.05, 3.63) is 0 Å². The summed E-state index contributed by atoms with van der Waals surface area (Å²) in [7, 11) is 0. The highest BCUT2D eigenvalue weighted by atomic mass is 15.2. The Morgan fingerprint density at radius 2 is 2.08 bits per heavy atom. The van der Waals surface area contributed by atoms with Crippen molar-refractivity contribution < 1.29 is 0 Å². The summed E-state index contributed by atoms with van der Waals surface area (Å²) in [5, 5.41) is 3.61. The molecule has 0 radical (unpaired) electrons. The molecule has 1 saturated carbocycles. The first-order chi connectivity index (χ1) is 6.31. The molecule has 1 aliphatic heterocycles. The second-order valence-corrected chi connectivity index (χ2v) is 4.65. The fraction of sp³-hybridized carbons (Fsp3) is 1.00. The molecule has 76 valence electrons. The Morgan fingerprint density at radius 3 is 2.54 bits per heavy atom. The van der Waals surface area contributed by atoms with Crippen LogP contribution in [0.3, 0.4) is 0 Å². The van der Waals surface area contributed by atoms with Gasteiger partial charge in [0.05, 0.1) is 0 Å². The highest BCUT2D eigenvalue weighted by molar-refractivity contribution is 4.89. The van der Waals surface area contributed by atoms with Gasteiger partial charge in [0.25, 0.3) is 0 Å². The van der Waals surface area contributed by atoms with Crippen LogP contribution in [-0.4, -0.2) is 36.6 Å². The van der Waals surface area contributed by atoms with Crippen LogP contribution in [0.4, 0.5) is 0 Å². The standard InChI is InChI=1S/C11H22N2/c1-3-13(10-4-5-10)8-11-9(2)6-7-12-11/h9-12H,3-8H2,1-2H3. The number of hydrogen-bond donors (Lipinski definition) is 1. The van der Waals surface area contributed by atoms with Gasteiger partial charge in [0.2, 0.25) is 0 Å². The Bertz CT molecular complexity index is 165. The first kappa shape index (κ1) is 9.47. The summed E-state index contributed by atoms with van der Waals surface area (Å²) in [5.41, 5.74) is 0. The van der Waals surface area contributed by atoms with E-state index >= 15 is 0 Å². The lowest BCUT2D eigenvalue weighted by molar-refractivity contribution is 0.235. The highest BCUT2D eigenvalue weighted by Gasteiger charge is 2.32. The van der Waals surface area contributed by atoms with E-state index in [1.54, 1.807) is 0 Å². The Hall–Kier alpha value is -0.0800. The van der Waals surface area contributed by atoms with Gasteiger partial charge in [-0.2, -0.15) is 0 Å². The van der Waals surface area contributed by atoms with E-state index in [1.165, 1.54) is 38.9 Å². The van der Waals surface area contributed by atoms with Crippen LogP contribution in [0.1, 0.15) is 33.1 Å². The molecule has 1 aliphatic carbocycles. The fourth-order valence-corrected chi connectivity index (χ4v) is 2.37. The van der Waals surface area contributed by atoms with E-state index in [4.69, 9.17) is 0 Å². The molecule has 2 heteroatoms. The van der Waals surface area contributed by atoms with E-state index in [2.05, 4.69) is 24.1 Å². The van der Waals surface area contributed by atoms with Crippen molar-refractivity contribution in [2.75, 3.05) is 19.6 Å². The van der Waals surface area contributed by atoms with Gasteiger partial charge in [0.1, 0.15) is 0 Å². The van der Waals surface area contributed by atoms with Crippen molar-refractivity contribution >= 4 is 0 Å². The molecule has 2 rings (SSSR count). The lowest BCUT2D eigenvalue weighted by Crippen LogP contribution is -2.41. The topological polar surface area (TPSA) is 15.3 Å². The van der Waals surface area contributed by atoms with E-state index in [1.807, 2.05) is 0 Å². The molecule has 2 atom stereocenters. The van der Waals surface area contributed by atoms with Gasteiger partial charge in [-0.25, -0.2) is 0 Å². The molecule has 0 spiro atoms. The lowest BCUT2D eigenvalue weighted by Gasteiger charge is -2.26. The van der Waals surface area contributed by atoms with Crippen LogP contribution in [0, 0.1) is 5.92 Å². The SMILES string of the molecule is CCN(CC1NCCC1C)C1CC1. The molecule has 1 saturated heterocycles. The molecular formula is C11H22N2. The van der Waals surface area contributed by atoms with E-state index in [-0.39, 0.29) is 0 Å². The molecule has 1 N–H and O–H groups in total. The zero-order valence-corrected chi connectivity index (χ0v) is 8.92. The van der Waals surface area contributed by atoms with Crippen molar-refractivity contribution in [1.29, 1.82) is 0 Å². The lowest BCUT2D eigenvalue weighted by atomic mass is 10.0. The minimum Gasteiger partial charge on any atom is -0.312 e. The molecule has 0 aromatic heterocycles. The van der Waals surface area contributed by atoms with Crippen LogP contribution >= 0.6 is 0 Å². The maximum atomic E-state index is 3.61. The number of nitrogens with one attached hydrogen (secondary N) is 1. The van der Waals surface area contributed by atoms with Gasteiger partial charge in [-0.15, -0.1) is 0 Å². The first-order valence-electron chi connectivity index (χ1n) is 5.78. The minimum atomic E-state index is 0.764. The first-order valence-corrected chi connectivity index (χ1v) is 5.78.